The minimum Gasteiger partial charge on any atom is -0.507 e. The van der Waals surface area contributed by atoms with E-state index in [1.807, 2.05) is 6.92 Å². The molecule has 0 bridgehead atoms. The van der Waals surface area contributed by atoms with E-state index in [0.29, 0.717) is 23.5 Å². The molecule has 1 aliphatic rings. The zero-order valence-electron chi connectivity index (χ0n) is 17.1. The standard InChI is InChI=1S/C22H22N2O7/c1-3-31-17-9-7-14(8-10-17)20(25)18-19(15-5-4-6-16(13-15)24(28)29)23(11-12-30-2)22(27)21(18)26/h4-10,13,19,25H,3,11-12H2,1-2H3/b20-18+/t19-/m0/s1. The topological polar surface area (TPSA) is 119 Å². The number of hydrogen-bond acceptors (Lipinski definition) is 7. The van der Waals surface area contributed by atoms with Crippen molar-refractivity contribution in [1.82, 2.24) is 4.90 Å². The fraction of sp³-hybridized carbons (Fsp3) is 0.273. The average molecular weight is 426 g/mol. The summed E-state index contributed by atoms with van der Waals surface area (Å²) in [6.45, 7) is 2.55. The van der Waals surface area contributed by atoms with Crippen LogP contribution in [0.2, 0.25) is 0 Å². The van der Waals surface area contributed by atoms with E-state index in [4.69, 9.17) is 9.47 Å². The average Bonchev–Trinajstić information content (AvgIpc) is 3.02. The Kier molecular flexibility index (Phi) is 6.66. The molecule has 0 aromatic heterocycles. The van der Waals surface area contributed by atoms with E-state index in [1.165, 1.54) is 30.2 Å². The number of nitro groups is 1. The molecule has 1 aliphatic heterocycles. The van der Waals surface area contributed by atoms with Gasteiger partial charge >= 0.3 is 0 Å². The molecule has 2 aromatic rings. The van der Waals surface area contributed by atoms with E-state index in [0.717, 1.165) is 0 Å². The maximum atomic E-state index is 12.9. The van der Waals surface area contributed by atoms with Gasteiger partial charge in [0, 0.05) is 31.4 Å². The predicted octanol–water partition coefficient (Wildman–Crippen LogP) is 3.06. The van der Waals surface area contributed by atoms with Gasteiger partial charge in [0.15, 0.2) is 0 Å². The summed E-state index contributed by atoms with van der Waals surface area (Å²) in [5.41, 5.74) is 0.349. The number of aliphatic hydroxyl groups is 1. The monoisotopic (exact) mass is 426 g/mol. The maximum Gasteiger partial charge on any atom is 0.295 e. The Bertz CT molecular complexity index is 1030. The lowest BCUT2D eigenvalue weighted by molar-refractivity contribution is -0.384. The number of hydrogen-bond donors (Lipinski definition) is 1. The van der Waals surface area contributed by atoms with E-state index < -0.39 is 22.7 Å². The third-order valence-electron chi connectivity index (χ3n) is 4.91. The summed E-state index contributed by atoms with van der Waals surface area (Å²) in [5, 5.41) is 22.2. The van der Waals surface area contributed by atoms with E-state index in [9.17, 15) is 24.8 Å². The number of rotatable bonds is 8. The fourth-order valence-electron chi connectivity index (χ4n) is 3.49. The molecule has 1 fully saturated rings. The van der Waals surface area contributed by atoms with Crippen molar-refractivity contribution in [2.75, 3.05) is 26.9 Å². The van der Waals surface area contributed by atoms with Gasteiger partial charge in [0.05, 0.1) is 29.8 Å². The molecule has 2 aromatic carbocycles. The number of likely N-dealkylation sites (tertiary alicyclic amines) is 1. The van der Waals surface area contributed by atoms with Crippen molar-refractivity contribution in [3.8, 4) is 5.75 Å². The van der Waals surface area contributed by atoms with Gasteiger partial charge in [-0.15, -0.1) is 0 Å². The number of methoxy groups -OCH3 is 1. The van der Waals surface area contributed by atoms with Crippen molar-refractivity contribution < 1.29 is 29.1 Å². The van der Waals surface area contributed by atoms with E-state index in [1.54, 1.807) is 30.3 Å². The van der Waals surface area contributed by atoms with E-state index >= 15 is 0 Å². The predicted molar refractivity (Wildman–Crippen MR) is 112 cm³/mol. The largest absolute Gasteiger partial charge is 0.507 e. The number of ether oxygens (including phenoxy) is 2. The fourth-order valence-corrected chi connectivity index (χ4v) is 3.49. The number of Topliss-reactive ketones (excluding diaryl/α,β-unsaturated/α-hetero) is 1. The van der Waals surface area contributed by atoms with Gasteiger partial charge in [0.25, 0.3) is 17.4 Å². The van der Waals surface area contributed by atoms with Gasteiger partial charge in [-0.1, -0.05) is 12.1 Å². The van der Waals surface area contributed by atoms with Gasteiger partial charge < -0.3 is 19.5 Å². The summed E-state index contributed by atoms with van der Waals surface area (Å²) >= 11 is 0. The third kappa shape index (κ3) is 4.41. The number of nitrogens with zero attached hydrogens (tertiary/aromatic N) is 2. The molecule has 1 N–H and O–H groups in total. The Balaban J connectivity index is 2.13. The maximum absolute atomic E-state index is 12.9. The van der Waals surface area contributed by atoms with Gasteiger partial charge in [0.1, 0.15) is 11.5 Å². The molecule has 3 rings (SSSR count). The highest BCUT2D eigenvalue weighted by Gasteiger charge is 2.46. The van der Waals surface area contributed by atoms with Gasteiger partial charge in [-0.3, -0.25) is 19.7 Å². The van der Waals surface area contributed by atoms with Crippen molar-refractivity contribution in [2.24, 2.45) is 0 Å². The van der Waals surface area contributed by atoms with Crippen LogP contribution in [0, 0.1) is 10.1 Å². The van der Waals surface area contributed by atoms with Crippen LogP contribution in [-0.4, -0.2) is 53.5 Å². The number of non-ortho nitro benzene ring substituents is 1. The molecule has 1 atom stereocenters. The molecular weight excluding hydrogens is 404 g/mol. The van der Waals surface area contributed by atoms with Crippen LogP contribution in [-0.2, 0) is 14.3 Å². The number of benzene rings is 2. The number of carbonyl (C=O) groups excluding carboxylic acids is 2. The summed E-state index contributed by atoms with van der Waals surface area (Å²) in [6.07, 6.45) is 0. The summed E-state index contributed by atoms with van der Waals surface area (Å²) in [5.74, 6) is -1.44. The molecule has 162 valence electrons. The van der Waals surface area contributed by atoms with Crippen molar-refractivity contribution in [3.05, 3.63) is 75.3 Å². The number of amides is 1. The lowest BCUT2D eigenvalue weighted by Crippen LogP contribution is -2.32. The Morgan fingerprint density at radius 3 is 2.52 bits per heavy atom. The van der Waals surface area contributed by atoms with Crippen LogP contribution in [0.4, 0.5) is 5.69 Å². The van der Waals surface area contributed by atoms with Crippen LogP contribution in [0.1, 0.15) is 24.1 Å². The summed E-state index contributed by atoms with van der Waals surface area (Å²) in [4.78, 5) is 37.5. The highest BCUT2D eigenvalue weighted by molar-refractivity contribution is 6.46. The van der Waals surface area contributed by atoms with Crippen molar-refractivity contribution in [3.63, 3.8) is 0 Å². The number of aliphatic hydroxyl groups excluding tert-OH is 1. The molecule has 0 unspecified atom stereocenters. The number of nitro benzene ring substituents is 1. The molecule has 0 aliphatic carbocycles. The first kappa shape index (κ1) is 22.0. The van der Waals surface area contributed by atoms with Gasteiger partial charge in [0.2, 0.25) is 0 Å². The smallest absolute Gasteiger partial charge is 0.295 e. The van der Waals surface area contributed by atoms with E-state index in [-0.39, 0.29) is 30.2 Å². The highest BCUT2D eigenvalue weighted by Crippen LogP contribution is 2.40. The molecule has 1 saturated heterocycles. The number of ketones is 1. The molecule has 1 amide bonds. The third-order valence-corrected chi connectivity index (χ3v) is 4.91. The second kappa shape index (κ2) is 9.40. The zero-order chi connectivity index (χ0) is 22.5. The minimum absolute atomic E-state index is 0.0779. The van der Waals surface area contributed by atoms with Crippen LogP contribution in [0.25, 0.3) is 5.76 Å². The van der Waals surface area contributed by atoms with Crippen LogP contribution < -0.4 is 4.74 Å². The van der Waals surface area contributed by atoms with Gasteiger partial charge in [-0.25, -0.2) is 0 Å². The Labute approximate surface area is 178 Å². The quantitative estimate of drug-likeness (QED) is 0.226. The lowest BCUT2D eigenvalue weighted by Gasteiger charge is -2.24. The molecule has 0 spiro atoms. The van der Waals surface area contributed by atoms with Crippen LogP contribution in [0.3, 0.4) is 0 Å². The van der Waals surface area contributed by atoms with Crippen LogP contribution in [0.15, 0.2) is 54.1 Å². The Morgan fingerprint density at radius 2 is 1.90 bits per heavy atom. The molecule has 1 heterocycles. The zero-order valence-corrected chi connectivity index (χ0v) is 17.1. The molecule has 0 saturated carbocycles. The molecule has 9 heteroatoms. The van der Waals surface area contributed by atoms with Gasteiger partial charge in [-0.2, -0.15) is 0 Å². The van der Waals surface area contributed by atoms with Crippen molar-refractivity contribution in [1.29, 1.82) is 0 Å². The lowest BCUT2D eigenvalue weighted by atomic mass is 9.95. The molecule has 0 radical (unpaired) electrons. The van der Waals surface area contributed by atoms with Gasteiger partial charge in [-0.05, 0) is 36.8 Å². The number of carbonyl (C=O) groups is 2. The second-order valence-electron chi connectivity index (χ2n) is 6.79. The normalized spacial score (nSPS) is 17.7. The van der Waals surface area contributed by atoms with Crippen LogP contribution >= 0.6 is 0 Å². The van der Waals surface area contributed by atoms with Crippen LogP contribution in [0.5, 0.6) is 5.75 Å². The first-order valence-corrected chi connectivity index (χ1v) is 9.64. The highest BCUT2D eigenvalue weighted by atomic mass is 16.6. The summed E-state index contributed by atoms with van der Waals surface area (Å²) in [7, 11) is 1.46. The summed E-state index contributed by atoms with van der Waals surface area (Å²) in [6, 6.07) is 11.1. The Morgan fingerprint density at radius 1 is 1.19 bits per heavy atom. The first-order valence-electron chi connectivity index (χ1n) is 9.64. The van der Waals surface area contributed by atoms with Crippen molar-refractivity contribution >= 4 is 23.1 Å². The SMILES string of the molecule is CCOc1ccc(/C(O)=C2\C(=O)C(=O)N(CCOC)[C@H]2c2cccc([N+](=O)[O-])c2)cc1. The summed E-state index contributed by atoms with van der Waals surface area (Å²) < 4.78 is 10.4. The Hall–Kier alpha value is -3.72. The first-order chi connectivity index (χ1) is 14.9. The van der Waals surface area contributed by atoms with E-state index in [2.05, 4.69) is 0 Å². The molecule has 9 nitrogen and oxygen atoms in total. The second-order valence-corrected chi connectivity index (χ2v) is 6.79. The molecule has 31 heavy (non-hydrogen) atoms. The minimum atomic E-state index is -0.985. The van der Waals surface area contributed by atoms with Crippen molar-refractivity contribution in [2.45, 2.75) is 13.0 Å². The molecular formula is C22H22N2O7.